The monoisotopic (exact) mass is 307 g/mol. The summed E-state index contributed by atoms with van der Waals surface area (Å²) in [7, 11) is 1.40. The number of carbonyl (C=O) groups is 1. The van der Waals surface area contributed by atoms with E-state index in [0.29, 0.717) is 10.7 Å². The van der Waals surface area contributed by atoms with Gasteiger partial charge in [-0.2, -0.15) is 0 Å². The Morgan fingerprint density at radius 1 is 1.48 bits per heavy atom. The van der Waals surface area contributed by atoms with Crippen molar-refractivity contribution in [2.24, 2.45) is 0 Å². The number of anilines is 1. The van der Waals surface area contributed by atoms with Gasteiger partial charge in [-0.3, -0.25) is 10.1 Å². The van der Waals surface area contributed by atoms with Gasteiger partial charge in [0.25, 0.3) is 0 Å². The van der Waals surface area contributed by atoms with Gasteiger partial charge in [0, 0.05) is 6.08 Å². The molecule has 0 unspecified atom stereocenters. The summed E-state index contributed by atoms with van der Waals surface area (Å²) in [5.41, 5.74) is 0.565. The average molecular weight is 307 g/mol. The first-order valence-corrected chi connectivity index (χ1v) is 7.09. The van der Waals surface area contributed by atoms with Gasteiger partial charge >= 0.3 is 0 Å². The number of benzene rings is 1. The Morgan fingerprint density at radius 2 is 2.29 bits per heavy atom. The number of halogens is 1. The molecule has 0 atom stereocenters. The fraction of sp³-hybridized carbons (Fsp3) is 0.214. The van der Waals surface area contributed by atoms with Crippen molar-refractivity contribution < 1.29 is 13.9 Å². The van der Waals surface area contributed by atoms with Crippen LogP contribution in [0.1, 0.15) is 17.5 Å². The largest absolute Gasteiger partial charge is 0.494 e. The number of hydrogen-bond acceptors (Lipinski definition) is 5. The van der Waals surface area contributed by atoms with E-state index >= 15 is 0 Å². The molecule has 1 amide bonds. The number of nitrogens with zero attached hydrogens (tertiary/aromatic N) is 2. The van der Waals surface area contributed by atoms with E-state index in [1.165, 1.54) is 42.7 Å². The van der Waals surface area contributed by atoms with Crippen LogP contribution in [0.4, 0.5) is 9.52 Å². The fourth-order valence-corrected chi connectivity index (χ4v) is 2.23. The van der Waals surface area contributed by atoms with E-state index in [-0.39, 0.29) is 11.7 Å². The fourth-order valence-electron chi connectivity index (χ4n) is 1.55. The molecule has 7 heteroatoms. The van der Waals surface area contributed by atoms with Gasteiger partial charge in [0.05, 0.1) is 7.11 Å². The lowest BCUT2D eigenvalue weighted by Crippen LogP contribution is -2.07. The number of amides is 1. The van der Waals surface area contributed by atoms with Crippen LogP contribution in [0.25, 0.3) is 6.08 Å². The van der Waals surface area contributed by atoms with Crippen LogP contribution in [0.3, 0.4) is 0 Å². The van der Waals surface area contributed by atoms with E-state index in [1.807, 2.05) is 6.92 Å². The maximum absolute atomic E-state index is 13.5. The molecule has 0 aliphatic rings. The highest BCUT2D eigenvalue weighted by atomic mass is 32.1. The van der Waals surface area contributed by atoms with Gasteiger partial charge in [0.2, 0.25) is 11.0 Å². The Hall–Kier alpha value is -2.28. The molecule has 1 heterocycles. The summed E-state index contributed by atoms with van der Waals surface area (Å²) in [6.45, 7) is 1.96. The third-order valence-corrected chi connectivity index (χ3v) is 3.59. The van der Waals surface area contributed by atoms with Gasteiger partial charge in [-0.25, -0.2) is 4.39 Å². The molecule has 110 valence electrons. The highest BCUT2D eigenvalue weighted by molar-refractivity contribution is 7.15. The summed E-state index contributed by atoms with van der Waals surface area (Å²) in [6, 6.07) is 4.46. The number of rotatable bonds is 5. The molecule has 1 aromatic carbocycles. The minimum atomic E-state index is -0.475. The molecule has 5 nitrogen and oxygen atoms in total. The van der Waals surface area contributed by atoms with Crippen LogP contribution >= 0.6 is 11.3 Å². The lowest BCUT2D eigenvalue weighted by molar-refractivity contribution is -0.111. The molecular formula is C14H14FN3O2S. The van der Waals surface area contributed by atoms with Gasteiger partial charge in [-0.05, 0) is 30.2 Å². The predicted molar refractivity (Wildman–Crippen MR) is 79.9 cm³/mol. The first-order valence-electron chi connectivity index (χ1n) is 6.27. The van der Waals surface area contributed by atoms with Crippen LogP contribution < -0.4 is 10.1 Å². The molecule has 0 bridgehead atoms. The summed E-state index contributed by atoms with van der Waals surface area (Å²) >= 11 is 1.33. The second-order valence-corrected chi connectivity index (χ2v) is 5.13. The van der Waals surface area contributed by atoms with Gasteiger partial charge in [-0.1, -0.05) is 24.3 Å². The number of aromatic nitrogens is 2. The van der Waals surface area contributed by atoms with Crippen LogP contribution in [-0.2, 0) is 11.2 Å². The van der Waals surface area contributed by atoms with Crippen molar-refractivity contribution in [3.63, 3.8) is 0 Å². The zero-order valence-corrected chi connectivity index (χ0v) is 12.4. The number of nitrogens with one attached hydrogen (secondary N) is 1. The van der Waals surface area contributed by atoms with Crippen LogP contribution in [0.15, 0.2) is 24.3 Å². The SMILES string of the molecule is CCc1nnc(NC(=O)/C=C/c2ccc(OC)c(F)c2)s1. The molecule has 0 fully saturated rings. The number of carbonyl (C=O) groups excluding carboxylic acids is 1. The van der Waals surface area contributed by atoms with E-state index in [9.17, 15) is 9.18 Å². The van der Waals surface area contributed by atoms with Gasteiger partial charge in [0.15, 0.2) is 11.6 Å². The molecular weight excluding hydrogens is 293 g/mol. The van der Waals surface area contributed by atoms with E-state index in [4.69, 9.17) is 4.74 Å². The zero-order chi connectivity index (χ0) is 15.2. The Balaban J connectivity index is 2.00. The van der Waals surface area contributed by atoms with Gasteiger partial charge in [0.1, 0.15) is 5.01 Å². The van der Waals surface area contributed by atoms with E-state index in [0.717, 1.165) is 11.4 Å². The summed E-state index contributed by atoms with van der Waals surface area (Å²) < 4.78 is 18.3. The number of hydrogen-bond donors (Lipinski definition) is 1. The molecule has 0 aliphatic carbocycles. The van der Waals surface area contributed by atoms with Crippen LogP contribution in [0, 0.1) is 5.82 Å². The van der Waals surface area contributed by atoms with Crippen molar-refractivity contribution in [1.82, 2.24) is 10.2 Å². The van der Waals surface area contributed by atoms with Crippen LogP contribution in [-0.4, -0.2) is 23.2 Å². The molecule has 0 saturated heterocycles. The Kier molecular flexibility index (Phi) is 4.99. The average Bonchev–Trinajstić information content (AvgIpc) is 2.93. The maximum Gasteiger partial charge on any atom is 0.250 e. The minimum Gasteiger partial charge on any atom is -0.494 e. The third-order valence-electron chi connectivity index (χ3n) is 2.60. The zero-order valence-electron chi connectivity index (χ0n) is 11.6. The number of methoxy groups -OCH3 is 1. The third kappa shape index (κ3) is 4.09. The lowest BCUT2D eigenvalue weighted by Gasteiger charge is -2.01. The molecule has 2 rings (SSSR count). The molecule has 0 radical (unpaired) electrons. The Labute approximate surface area is 125 Å². The molecule has 1 N–H and O–H groups in total. The smallest absolute Gasteiger partial charge is 0.250 e. The van der Waals surface area contributed by atoms with Crippen LogP contribution in [0.5, 0.6) is 5.75 Å². The molecule has 2 aromatic rings. The second-order valence-electron chi connectivity index (χ2n) is 4.07. The molecule has 0 aliphatic heterocycles. The standard InChI is InChI=1S/C14H14FN3O2S/c1-3-13-17-18-14(21-13)16-12(19)7-5-9-4-6-11(20-2)10(15)8-9/h4-8H,3H2,1-2H3,(H,16,18,19)/b7-5+. The van der Waals surface area contributed by atoms with Crippen LogP contribution in [0.2, 0.25) is 0 Å². The maximum atomic E-state index is 13.5. The van der Waals surface area contributed by atoms with Crippen molar-refractivity contribution >= 4 is 28.5 Å². The second kappa shape index (κ2) is 6.94. The van der Waals surface area contributed by atoms with E-state index < -0.39 is 5.82 Å². The highest BCUT2D eigenvalue weighted by Crippen LogP contribution is 2.19. The van der Waals surface area contributed by atoms with Crippen molar-refractivity contribution in [2.75, 3.05) is 12.4 Å². The number of ether oxygens (including phenoxy) is 1. The molecule has 0 saturated carbocycles. The summed E-state index contributed by atoms with van der Waals surface area (Å²) in [4.78, 5) is 11.7. The van der Waals surface area contributed by atoms with Crippen molar-refractivity contribution in [1.29, 1.82) is 0 Å². The Bertz CT molecular complexity index is 670. The first kappa shape index (κ1) is 15.1. The van der Waals surface area contributed by atoms with Crippen molar-refractivity contribution in [2.45, 2.75) is 13.3 Å². The molecule has 21 heavy (non-hydrogen) atoms. The minimum absolute atomic E-state index is 0.164. The van der Waals surface area contributed by atoms with Crippen molar-refractivity contribution in [3.8, 4) is 5.75 Å². The van der Waals surface area contributed by atoms with Gasteiger partial charge in [-0.15, -0.1) is 10.2 Å². The lowest BCUT2D eigenvalue weighted by atomic mass is 10.2. The topological polar surface area (TPSA) is 64.1 Å². The quantitative estimate of drug-likeness (QED) is 0.863. The predicted octanol–water partition coefficient (Wildman–Crippen LogP) is 2.90. The summed E-state index contributed by atoms with van der Waals surface area (Å²) in [5, 5.41) is 11.7. The summed E-state index contributed by atoms with van der Waals surface area (Å²) in [6.07, 6.45) is 3.60. The van der Waals surface area contributed by atoms with E-state index in [1.54, 1.807) is 6.07 Å². The normalized spacial score (nSPS) is 10.8. The van der Waals surface area contributed by atoms with Gasteiger partial charge < -0.3 is 4.74 Å². The molecule has 0 spiro atoms. The van der Waals surface area contributed by atoms with E-state index in [2.05, 4.69) is 15.5 Å². The number of aryl methyl sites for hydroxylation is 1. The summed E-state index contributed by atoms with van der Waals surface area (Å²) in [5.74, 6) is -0.653. The molecule has 1 aromatic heterocycles. The van der Waals surface area contributed by atoms with Crippen molar-refractivity contribution in [3.05, 3.63) is 40.7 Å². The Morgan fingerprint density at radius 3 is 2.90 bits per heavy atom. The highest BCUT2D eigenvalue weighted by Gasteiger charge is 2.05. The first-order chi connectivity index (χ1) is 10.1.